The van der Waals surface area contributed by atoms with E-state index in [-0.39, 0.29) is 11.6 Å². The van der Waals surface area contributed by atoms with Crippen molar-refractivity contribution in [2.75, 3.05) is 0 Å². The lowest BCUT2D eigenvalue weighted by Crippen LogP contribution is -2.40. The molecule has 0 aromatic carbocycles. The monoisotopic (exact) mass is 155 g/mol. The minimum Gasteiger partial charge on any atom is -0.390 e. The normalized spacial score (nSPS) is 45.8. The summed E-state index contributed by atoms with van der Waals surface area (Å²) in [6, 6.07) is 0.264. The molecule has 0 aromatic heterocycles. The Morgan fingerprint density at radius 2 is 2.00 bits per heavy atom. The Balaban J connectivity index is 1.98. The summed E-state index contributed by atoms with van der Waals surface area (Å²) in [5.74, 6) is 0.580. The van der Waals surface area contributed by atoms with E-state index in [1.165, 1.54) is 19.3 Å². The van der Waals surface area contributed by atoms with Crippen molar-refractivity contribution < 1.29 is 5.11 Å². The van der Waals surface area contributed by atoms with Gasteiger partial charge in [-0.3, -0.25) is 0 Å². The van der Waals surface area contributed by atoms with Gasteiger partial charge in [-0.15, -0.1) is 0 Å². The van der Waals surface area contributed by atoms with Crippen LogP contribution in [0.2, 0.25) is 0 Å². The highest BCUT2D eigenvalue weighted by Crippen LogP contribution is 2.44. The summed E-state index contributed by atoms with van der Waals surface area (Å²) in [5, 5.41) is 10.1. The van der Waals surface area contributed by atoms with Crippen molar-refractivity contribution in [1.29, 1.82) is 0 Å². The first-order chi connectivity index (χ1) is 5.21. The van der Waals surface area contributed by atoms with Gasteiger partial charge in [0.2, 0.25) is 0 Å². The van der Waals surface area contributed by atoms with Gasteiger partial charge in [-0.2, -0.15) is 0 Å². The van der Waals surface area contributed by atoms with Crippen molar-refractivity contribution in [3.63, 3.8) is 0 Å². The molecule has 2 aliphatic rings. The van der Waals surface area contributed by atoms with Gasteiger partial charge >= 0.3 is 0 Å². The van der Waals surface area contributed by atoms with E-state index in [2.05, 4.69) is 0 Å². The van der Waals surface area contributed by atoms with E-state index in [1.807, 2.05) is 0 Å². The van der Waals surface area contributed by atoms with E-state index < -0.39 is 0 Å². The fourth-order valence-electron chi connectivity index (χ4n) is 2.41. The summed E-state index contributed by atoms with van der Waals surface area (Å²) in [7, 11) is 0. The minimum atomic E-state index is -0.363. The van der Waals surface area contributed by atoms with Crippen LogP contribution in [0, 0.1) is 5.92 Å². The molecule has 2 nitrogen and oxygen atoms in total. The lowest BCUT2D eigenvalue weighted by Gasteiger charge is -2.38. The molecular weight excluding hydrogens is 138 g/mol. The molecule has 2 fully saturated rings. The molecule has 2 heteroatoms. The van der Waals surface area contributed by atoms with Gasteiger partial charge in [0, 0.05) is 6.04 Å². The molecule has 2 saturated carbocycles. The Hall–Kier alpha value is -0.0800. The summed E-state index contributed by atoms with van der Waals surface area (Å²) in [4.78, 5) is 0. The first kappa shape index (κ1) is 7.56. The topological polar surface area (TPSA) is 46.2 Å². The van der Waals surface area contributed by atoms with Gasteiger partial charge in [-0.1, -0.05) is 6.42 Å². The molecule has 0 saturated heterocycles. The van der Waals surface area contributed by atoms with Crippen molar-refractivity contribution in [2.45, 2.75) is 50.2 Å². The maximum Gasteiger partial charge on any atom is 0.0691 e. The van der Waals surface area contributed by atoms with Crippen LogP contribution in [0.25, 0.3) is 0 Å². The Bertz CT molecular complexity index is 156. The second-order valence-electron chi connectivity index (χ2n) is 4.23. The molecule has 0 aromatic rings. The second-order valence-corrected chi connectivity index (χ2v) is 4.23. The molecule has 0 radical (unpaired) electrons. The van der Waals surface area contributed by atoms with Crippen LogP contribution >= 0.6 is 0 Å². The quantitative estimate of drug-likeness (QED) is 0.594. The van der Waals surface area contributed by atoms with Gasteiger partial charge in [0.15, 0.2) is 0 Å². The van der Waals surface area contributed by atoms with Crippen LogP contribution in [0.3, 0.4) is 0 Å². The van der Waals surface area contributed by atoms with Gasteiger partial charge in [0.25, 0.3) is 0 Å². The van der Waals surface area contributed by atoms with Gasteiger partial charge in [-0.25, -0.2) is 0 Å². The third-order valence-corrected chi connectivity index (χ3v) is 3.43. The van der Waals surface area contributed by atoms with Gasteiger partial charge in [0.1, 0.15) is 0 Å². The van der Waals surface area contributed by atoms with Gasteiger partial charge in [-0.05, 0) is 38.0 Å². The van der Waals surface area contributed by atoms with E-state index in [1.54, 1.807) is 0 Å². The first-order valence-corrected chi connectivity index (χ1v) is 4.69. The highest BCUT2D eigenvalue weighted by atomic mass is 16.3. The van der Waals surface area contributed by atoms with Crippen LogP contribution in [0.1, 0.15) is 38.5 Å². The van der Waals surface area contributed by atoms with Gasteiger partial charge in [0.05, 0.1) is 5.60 Å². The Kier molecular flexibility index (Phi) is 1.69. The van der Waals surface area contributed by atoms with Crippen molar-refractivity contribution in [2.24, 2.45) is 11.7 Å². The molecule has 0 bridgehead atoms. The van der Waals surface area contributed by atoms with E-state index in [0.717, 1.165) is 19.3 Å². The maximum absolute atomic E-state index is 10.1. The van der Waals surface area contributed by atoms with Gasteiger partial charge < -0.3 is 10.8 Å². The summed E-state index contributed by atoms with van der Waals surface area (Å²) >= 11 is 0. The lowest BCUT2D eigenvalue weighted by atomic mass is 9.72. The number of rotatable bonds is 1. The zero-order chi connectivity index (χ0) is 7.90. The first-order valence-electron chi connectivity index (χ1n) is 4.69. The maximum atomic E-state index is 10.1. The van der Waals surface area contributed by atoms with E-state index in [4.69, 9.17) is 5.73 Å². The molecule has 64 valence electrons. The fraction of sp³-hybridized carbons (Fsp3) is 1.00. The number of hydrogen-bond acceptors (Lipinski definition) is 2. The Morgan fingerprint density at radius 3 is 2.36 bits per heavy atom. The van der Waals surface area contributed by atoms with Crippen LogP contribution in [0.4, 0.5) is 0 Å². The summed E-state index contributed by atoms with van der Waals surface area (Å²) < 4.78 is 0. The summed E-state index contributed by atoms with van der Waals surface area (Å²) in [6.07, 6.45) is 6.57. The molecular formula is C9H17NO. The third kappa shape index (κ3) is 1.18. The molecule has 2 atom stereocenters. The lowest BCUT2D eigenvalue weighted by molar-refractivity contribution is -0.0451. The van der Waals surface area contributed by atoms with E-state index >= 15 is 0 Å². The SMILES string of the molecule is NC1CCC(O)(C2CCC2)C1. The molecule has 0 spiro atoms. The molecule has 2 rings (SSSR count). The predicted molar refractivity (Wildman–Crippen MR) is 44.1 cm³/mol. The number of hydrogen-bond donors (Lipinski definition) is 2. The third-order valence-electron chi connectivity index (χ3n) is 3.43. The largest absolute Gasteiger partial charge is 0.390 e. The zero-order valence-electron chi connectivity index (χ0n) is 6.92. The van der Waals surface area contributed by atoms with Crippen LogP contribution in [0.5, 0.6) is 0 Å². The van der Waals surface area contributed by atoms with Crippen molar-refractivity contribution in [1.82, 2.24) is 0 Å². The van der Waals surface area contributed by atoms with Crippen molar-refractivity contribution in [3.8, 4) is 0 Å². The zero-order valence-corrected chi connectivity index (χ0v) is 6.92. The molecule has 11 heavy (non-hydrogen) atoms. The van der Waals surface area contributed by atoms with Crippen LogP contribution < -0.4 is 5.73 Å². The summed E-state index contributed by atoms with van der Waals surface area (Å²) in [6.45, 7) is 0. The number of nitrogens with two attached hydrogens (primary N) is 1. The second kappa shape index (κ2) is 2.46. The Labute approximate surface area is 67.8 Å². The smallest absolute Gasteiger partial charge is 0.0691 e. The molecule has 2 aliphatic carbocycles. The van der Waals surface area contributed by atoms with Crippen LogP contribution in [-0.2, 0) is 0 Å². The molecule has 2 unspecified atom stereocenters. The van der Waals surface area contributed by atoms with Crippen molar-refractivity contribution in [3.05, 3.63) is 0 Å². The average molecular weight is 155 g/mol. The van der Waals surface area contributed by atoms with Crippen molar-refractivity contribution >= 4 is 0 Å². The highest BCUT2D eigenvalue weighted by Gasteiger charge is 2.44. The average Bonchev–Trinajstić information content (AvgIpc) is 2.06. The Morgan fingerprint density at radius 1 is 1.27 bits per heavy atom. The van der Waals surface area contributed by atoms with Crippen LogP contribution in [-0.4, -0.2) is 16.7 Å². The minimum absolute atomic E-state index is 0.264. The number of aliphatic hydroxyl groups is 1. The molecule has 3 N–H and O–H groups in total. The van der Waals surface area contributed by atoms with E-state index in [0.29, 0.717) is 5.92 Å². The fourth-order valence-corrected chi connectivity index (χ4v) is 2.41. The molecule has 0 amide bonds. The van der Waals surface area contributed by atoms with Crippen LogP contribution in [0.15, 0.2) is 0 Å². The summed E-state index contributed by atoms with van der Waals surface area (Å²) in [5.41, 5.74) is 5.40. The predicted octanol–water partition coefficient (Wildman–Crippen LogP) is 1.03. The molecule has 0 aliphatic heterocycles. The highest BCUT2D eigenvalue weighted by molar-refractivity contribution is 4.98. The van der Waals surface area contributed by atoms with E-state index in [9.17, 15) is 5.11 Å². The standard InChI is InChI=1S/C9H17NO/c10-8-4-5-9(11,6-8)7-2-1-3-7/h7-8,11H,1-6,10H2. The molecule has 0 heterocycles.